The molecule has 0 aliphatic heterocycles. The van der Waals surface area contributed by atoms with E-state index < -0.39 is 0 Å². The summed E-state index contributed by atoms with van der Waals surface area (Å²) in [7, 11) is 0. The molecule has 0 amide bonds. The maximum absolute atomic E-state index is 12.2. The topological polar surface area (TPSA) is 37.3 Å². The van der Waals surface area contributed by atoms with E-state index in [2.05, 4.69) is 13.0 Å². The lowest BCUT2D eigenvalue weighted by Crippen LogP contribution is -2.55. The first-order valence-corrected chi connectivity index (χ1v) is 10.4. The van der Waals surface area contributed by atoms with Crippen molar-refractivity contribution >= 4 is 5.78 Å². The molecule has 0 aromatic heterocycles. The van der Waals surface area contributed by atoms with Crippen molar-refractivity contribution in [1.82, 2.24) is 0 Å². The van der Waals surface area contributed by atoms with Gasteiger partial charge in [-0.2, -0.15) is 0 Å². The van der Waals surface area contributed by atoms with Crippen LogP contribution >= 0.6 is 0 Å². The Bertz CT molecular complexity index is 581. The Morgan fingerprint density at radius 1 is 1.04 bits per heavy atom. The highest BCUT2D eigenvalue weighted by atomic mass is 16.3. The summed E-state index contributed by atoms with van der Waals surface area (Å²) < 4.78 is 0. The van der Waals surface area contributed by atoms with Crippen molar-refractivity contribution in [1.29, 1.82) is 0 Å². The molecule has 5 rings (SSSR count). The van der Waals surface area contributed by atoms with E-state index in [4.69, 9.17) is 0 Å². The molecule has 0 aromatic rings. The first-order chi connectivity index (χ1) is 11.5. The third-order valence-corrected chi connectivity index (χ3v) is 9.44. The van der Waals surface area contributed by atoms with E-state index in [-0.39, 0.29) is 6.10 Å². The molecule has 4 saturated carbocycles. The molecule has 132 valence electrons. The van der Waals surface area contributed by atoms with E-state index in [1.165, 1.54) is 44.9 Å². The predicted octanol–water partition coefficient (Wildman–Crippen LogP) is 4.52. The molecule has 5 aliphatic carbocycles. The Labute approximate surface area is 146 Å². The molecule has 0 saturated heterocycles. The number of hydrogen-bond acceptors (Lipinski definition) is 2. The summed E-state index contributed by atoms with van der Waals surface area (Å²) in [6.45, 7) is 2.55. The van der Waals surface area contributed by atoms with Crippen LogP contribution in [0.3, 0.4) is 0 Å². The third-order valence-electron chi connectivity index (χ3n) is 9.44. The summed E-state index contributed by atoms with van der Waals surface area (Å²) in [5.41, 5.74) is 0.779. The van der Waals surface area contributed by atoms with Gasteiger partial charge in [0.1, 0.15) is 0 Å². The standard InChI is InChI=1S/C22H32O2/c1-21-10-8-16(23)12-15(21)3-6-18-19(21)9-11-22-13-17(24)5-2-14(22)4-7-20(18)22/h2,5,14-16,18-20,23H,3-4,6-13H2,1H3/t14-,15+,16+,18+,19-,20-,21-,22+/m0/s1. The van der Waals surface area contributed by atoms with Gasteiger partial charge in [0, 0.05) is 6.42 Å². The molecule has 2 heteroatoms. The zero-order valence-corrected chi connectivity index (χ0v) is 15.0. The molecule has 0 radical (unpaired) electrons. The minimum atomic E-state index is -0.0495. The highest BCUT2D eigenvalue weighted by molar-refractivity contribution is 5.91. The van der Waals surface area contributed by atoms with Crippen LogP contribution in [-0.4, -0.2) is 17.0 Å². The minimum absolute atomic E-state index is 0.0495. The Morgan fingerprint density at radius 2 is 1.92 bits per heavy atom. The monoisotopic (exact) mass is 328 g/mol. The van der Waals surface area contributed by atoms with Gasteiger partial charge in [-0.05, 0) is 104 Å². The van der Waals surface area contributed by atoms with E-state index in [1.54, 1.807) is 0 Å². The zero-order chi connectivity index (χ0) is 16.5. The van der Waals surface area contributed by atoms with Crippen LogP contribution in [0.5, 0.6) is 0 Å². The van der Waals surface area contributed by atoms with Gasteiger partial charge in [-0.25, -0.2) is 0 Å². The van der Waals surface area contributed by atoms with Crippen LogP contribution in [0.15, 0.2) is 12.2 Å². The summed E-state index contributed by atoms with van der Waals surface area (Å²) in [5.74, 6) is 4.29. The molecular formula is C22H32O2. The summed E-state index contributed by atoms with van der Waals surface area (Å²) in [6.07, 6.45) is 16.2. The fraction of sp³-hybridized carbons (Fsp3) is 0.864. The molecule has 4 fully saturated rings. The van der Waals surface area contributed by atoms with Crippen LogP contribution in [0.4, 0.5) is 0 Å². The number of rotatable bonds is 0. The minimum Gasteiger partial charge on any atom is -0.393 e. The SMILES string of the molecule is C[C@]12CC[C@@H](O)C[C@H]1CC[C@@H]1[C@@H]2CC[C@@]23CC(=O)C=C[C@H]2CC[C@@H]13. The number of aliphatic hydroxyl groups is 1. The lowest BCUT2D eigenvalue weighted by atomic mass is 9.43. The zero-order valence-electron chi connectivity index (χ0n) is 15.0. The van der Waals surface area contributed by atoms with Gasteiger partial charge in [0.05, 0.1) is 6.10 Å². The van der Waals surface area contributed by atoms with Crippen LogP contribution < -0.4 is 0 Å². The van der Waals surface area contributed by atoms with Crippen molar-refractivity contribution in [2.24, 2.45) is 40.4 Å². The van der Waals surface area contributed by atoms with E-state index in [1.807, 2.05) is 6.08 Å². The van der Waals surface area contributed by atoms with Gasteiger partial charge in [0.15, 0.2) is 5.78 Å². The number of aliphatic hydroxyl groups excluding tert-OH is 1. The summed E-state index contributed by atoms with van der Waals surface area (Å²) in [4.78, 5) is 12.2. The highest BCUT2D eigenvalue weighted by Crippen LogP contribution is 2.69. The molecule has 5 aliphatic rings. The van der Waals surface area contributed by atoms with Gasteiger partial charge in [-0.1, -0.05) is 13.0 Å². The fourth-order valence-corrected chi connectivity index (χ4v) is 8.33. The van der Waals surface area contributed by atoms with E-state index in [0.29, 0.717) is 22.5 Å². The predicted molar refractivity (Wildman–Crippen MR) is 94.3 cm³/mol. The quantitative estimate of drug-likeness (QED) is 0.710. The Hall–Kier alpha value is -0.630. The molecule has 0 bridgehead atoms. The Balaban J connectivity index is 1.47. The molecular weight excluding hydrogens is 296 g/mol. The number of fused-ring (bicyclic) bond motifs is 4. The van der Waals surface area contributed by atoms with Crippen LogP contribution in [0.25, 0.3) is 0 Å². The van der Waals surface area contributed by atoms with Crippen LogP contribution in [0, 0.1) is 40.4 Å². The van der Waals surface area contributed by atoms with Gasteiger partial charge in [-0.15, -0.1) is 0 Å². The van der Waals surface area contributed by atoms with Gasteiger partial charge in [-0.3, -0.25) is 4.79 Å². The molecule has 0 unspecified atom stereocenters. The van der Waals surface area contributed by atoms with Gasteiger partial charge in [0.25, 0.3) is 0 Å². The van der Waals surface area contributed by atoms with Crippen LogP contribution in [0.1, 0.15) is 71.1 Å². The molecule has 1 spiro atoms. The van der Waals surface area contributed by atoms with Gasteiger partial charge < -0.3 is 5.11 Å². The maximum atomic E-state index is 12.2. The molecule has 0 aromatic carbocycles. The molecule has 0 heterocycles. The number of ketones is 1. The second kappa shape index (κ2) is 5.19. The second-order valence-electron chi connectivity index (χ2n) is 10.0. The van der Waals surface area contributed by atoms with Crippen molar-refractivity contribution in [2.45, 2.75) is 77.2 Å². The lowest BCUT2D eigenvalue weighted by molar-refractivity contribution is -0.138. The van der Waals surface area contributed by atoms with Crippen LogP contribution in [-0.2, 0) is 4.79 Å². The first kappa shape index (κ1) is 15.6. The molecule has 2 nitrogen and oxygen atoms in total. The smallest absolute Gasteiger partial charge is 0.155 e. The largest absolute Gasteiger partial charge is 0.393 e. The Kier molecular flexibility index (Phi) is 3.38. The average Bonchev–Trinajstić information content (AvgIpc) is 2.94. The van der Waals surface area contributed by atoms with Crippen molar-refractivity contribution in [3.8, 4) is 0 Å². The number of hydrogen-bond donors (Lipinski definition) is 1. The fourth-order valence-electron chi connectivity index (χ4n) is 8.33. The van der Waals surface area contributed by atoms with Crippen molar-refractivity contribution in [3.63, 3.8) is 0 Å². The van der Waals surface area contributed by atoms with E-state index >= 15 is 0 Å². The van der Waals surface area contributed by atoms with E-state index in [9.17, 15) is 9.90 Å². The van der Waals surface area contributed by atoms with E-state index in [0.717, 1.165) is 42.9 Å². The summed E-state index contributed by atoms with van der Waals surface area (Å²) in [5, 5.41) is 10.1. The Morgan fingerprint density at radius 3 is 2.79 bits per heavy atom. The lowest BCUT2D eigenvalue weighted by Gasteiger charge is -2.61. The number of allylic oxidation sites excluding steroid dienone is 2. The van der Waals surface area contributed by atoms with Crippen molar-refractivity contribution in [3.05, 3.63) is 12.2 Å². The maximum Gasteiger partial charge on any atom is 0.155 e. The average molecular weight is 328 g/mol. The molecule has 1 N–H and O–H groups in total. The van der Waals surface area contributed by atoms with Crippen molar-refractivity contribution < 1.29 is 9.90 Å². The van der Waals surface area contributed by atoms with Crippen molar-refractivity contribution in [2.75, 3.05) is 0 Å². The van der Waals surface area contributed by atoms with Gasteiger partial charge in [0.2, 0.25) is 0 Å². The number of carbonyl (C=O) groups excluding carboxylic acids is 1. The first-order valence-electron chi connectivity index (χ1n) is 10.4. The highest BCUT2D eigenvalue weighted by Gasteiger charge is 2.61. The molecule has 8 atom stereocenters. The molecule has 24 heavy (non-hydrogen) atoms. The van der Waals surface area contributed by atoms with Crippen LogP contribution in [0.2, 0.25) is 0 Å². The summed E-state index contributed by atoms with van der Waals surface area (Å²) >= 11 is 0. The second-order valence-corrected chi connectivity index (χ2v) is 10.0. The normalized spacial score (nSPS) is 56.2. The third kappa shape index (κ3) is 1.95. The number of carbonyl (C=O) groups is 1. The summed E-state index contributed by atoms with van der Waals surface area (Å²) in [6, 6.07) is 0. The van der Waals surface area contributed by atoms with Gasteiger partial charge >= 0.3 is 0 Å².